The average Bonchev–Trinajstić information content (AvgIpc) is 3.05. The number of hydrogen-bond acceptors (Lipinski definition) is 8. The largest absolute Gasteiger partial charge is 0.460 e. The molecule has 0 fully saturated rings. The van der Waals surface area contributed by atoms with E-state index in [-0.39, 0.29) is 44.8 Å². The van der Waals surface area contributed by atoms with Crippen LogP contribution in [0.3, 0.4) is 0 Å². The fourth-order valence-electron chi connectivity index (χ4n) is 2.58. The van der Waals surface area contributed by atoms with Crippen molar-refractivity contribution in [3.8, 4) is 0 Å². The van der Waals surface area contributed by atoms with Crippen molar-refractivity contribution in [1.29, 1.82) is 0 Å². The van der Waals surface area contributed by atoms with Gasteiger partial charge in [0.1, 0.15) is 17.4 Å². The zero-order chi connectivity index (χ0) is 23.8. The third-order valence-corrected chi connectivity index (χ3v) is 5.67. The third kappa shape index (κ3) is 6.49. The van der Waals surface area contributed by atoms with Crippen LogP contribution in [-0.2, 0) is 30.2 Å². The highest BCUT2D eigenvalue weighted by Crippen LogP contribution is 2.33. The van der Waals surface area contributed by atoms with E-state index < -0.39 is 42.6 Å². The Balaban J connectivity index is 2.06. The zero-order valence-corrected chi connectivity index (χ0v) is 18.7. The normalized spacial score (nSPS) is 10.5. The van der Waals surface area contributed by atoms with Gasteiger partial charge in [-0.25, -0.2) is 9.18 Å². The number of halogens is 2. The van der Waals surface area contributed by atoms with E-state index in [2.05, 4.69) is 5.32 Å². The molecule has 2 amide bonds. The van der Waals surface area contributed by atoms with Gasteiger partial charge in [0.05, 0.1) is 23.5 Å². The average molecular weight is 487 g/mol. The number of ether oxygens (including phenoxy) is 3. The Bertz CT molecular complexity index is 1020. The van der Waals surface area contributed by atoms with Crippen LogP contribution in [-0.4, -0.2) is 50.7 Å². The summed E-state index contributed by atoms with van der Waals surface area (Å²) in [4.78, 5) is 48.3. The number of rotatable bonds is 10. The number of nitrogens with two attached hydrogens (primary N) is 1. The Kier molecular flexibility index (Phi) is 9.12. The molecule has 9 nitrogen and oxygen atoms in total. The van der Waals surface area contributed by atoms with Crippen LogP contribution in [0.15, 0.2) is 18.2 Å². The summed E-state index contributed by atoms with van der Waals surface area (Å²) in [6, 6.07) is 3.95. The number of hydrogen-bond donors (Lipinski definition) is 2. The molecule has 0 atom stereocenters. The first-order valence-electron chi connectivity index (χ1n) is 9.13. The van der Waals surface area contributed by atoms with Crippen molar-refractivity contribution < 1.29 is 37.8 Å². The maximum atomic E-state index is 13.8. The molecule has 1 aromatic carbocycles. The third-order valence-electron chi connectivity index (χ3n) is 4.10. The number of carbonyl (C=O) groups excluding carboxylic acids is 4. The number of esters is 2. The van der Waals surface area contributed by atoms with E-state index in [4.69, 9.17) is 31.5 Å². The van der Waals surface area contributed by atoms with Crippen molar-refractivity contribution in [1.82, 2.24) is 0 Å². The number of primary amides is 1. The van der Waals surface area contributed by atoms with E-state index in [0.717, 1.165) is 17.4 Å². The number of thiophene rings is 1. The van der Waals surface area contributed by atoms with Crippen LogP contribution in [0.1, 0.15) is 31.2 Å². The summed E-state index contributed by atoms with van der Waals surface area (Å²) in [6.07, 6.45) is -0.472. The summed E-state index contributed by atoms with van der Waals surface area (Å²) in [6.45, 7) is 0.880. The summed E-state index contributed by atoms with van der Waals surface area (Å²) in [5.41, 5.74) is 5.46. The lowest BCUT2D eigenvalue weighted by atomic mass is 10.1. The van der Waals surface area contributed by atoms with Crippen LogP contribution < -0.4 is 11.1 Å². The molecule has 0 aliphatic carbocycles. The molecule has 2 aromatic rings. The van der Waals surface area contributed by atoms with Crippen molar-refractivity contribution in [3.05, 3.63) is 50.6 Å². The molecule has 0 saturated heterocycles. The molecule has 2 rings (SSSR count). The molecule has 0 aliphatic rings. The fourth-order valence-corrected chi connectivity index (χ4v) is 3.87. The van der Waals surface area contributed by atoms with E-state index in [0.29, 0.717) is 0 Å². The van der Waals surface area contributed by atoms with Gasteiger partial charge in [-0.2, -0.15) is 0 Å². The van der Waals surface area contributed by atoms with Crippen molar-refractivity contribution in [3.63, 3.8) is 0 Å². The van der Waals surface area contributed by atoms with Gasteiger partial charge in [0.15, 0.2) is 6.61 Å². The second kappa shape index (κ2) is 11.6. The SMILES string of the molecule is COCCOC(=O)c1c(NC(=O)COC(=O)Cc2c(F)cccc2Cl)sc(C(N)=O)c1C. The molecule has 0 bridgehead atoms. The van der Waals surface area contributed by atoms with E-state index in [1.165, 1.54) is 26.2 Å². The lowest BCUT2D eigenvalue weighted by Gasteiger charge is -2.09. The molecule has 0 radical (unpaired) electrons. The highest BCUT2D eigenvalue weighted by Gasteiger charge is 2.26. The molecule has 172 valence electrons. The minimum Gasteiger partial charge on any atom is -0.460 e. The lowest BCUT2D eigenvalue weighted by Crippen LogP contribution is -2.22. The number of nitrogens with one attached hydrogen (secondary N) is 1. The monoisotopic (exact) mass is 486 g/mol. The number of carbonyl (C=O) groups is 4. The van der Waals surface area contributed by atoms with Gasteiger partial charge in [0.2, 0.25) is 0 Å². The van der Waals surface area contributed by atoms with E-state index in [1.807, 2.05) is 0 Å². The van der Waals surface area contributed by atoms with Crippen molar-refractivity contribution in [2.75, 3.05) is 32.2 Å². The predicted octanol–water partition coefficient (Wildman–Crippen LogP) is 2.48. The fraction of sp³-hybridized carbons (Fsp3) is 0.300. The van der Waals surface area contributed by atoms with Gasteiger partial charge in [-0.3, -0.25) is 14.4 Å². The van der Waals surface area contributed by atoms with E-state index in [9.17, 15) is 23.6 Å². The van der Waals surface area contributed by atoms with Crippen LogP contribution in [0.5, 0.6) is 0 Å². The van der Waals surface area contributed by atoms with Crippen LogP contribution in [0.4, 0.5) is 9.39 Å². The molecular weight excluding hydrogens is 467 g/mol. The topological polar surface area (TPSA) is 134 Å². The summed E-state index contributed by atoms with van der Waals surface area (Å²) >= 11 is 6.65. The van der Waals surface area contributed by atoms with Crippen LogP contribution in [0.25, 0.3) is 0 Å². The molecule has 3 N–H and O–H groups in total. The first kappa shape index (κ1) is 25.2. The Labute approximate surface area is 191 Å². The maximum Gasteiger partial charge on any atom is 0.341 e. The summed E-state index contributed by atoms with van der Waals surface area (Å²) < 4.78 is 28.5. The molecule has 0 unspecified atom stereocenters. The number of anilines is 1. The second-order valence-electron chi connectivity index (χ2n) is 6.34. The molecule has 0 aliphatic heterocycles. The van der Waals surface area contributed by atoms with Crippen LogP contribution in [0.2, 0.25) is 5.02 Å². The molecule has 1 heterocycles. The molecular formula is C20H20ClFN2O7S. The maximum absolute atomic E-state index is 13.8. The minimum atomic E-state index is -0.883. The Morgan fingerprint density at radius 1 is 1.19 bits per heavy atom. The standard InChI is InChI=1S/C20H20ClFN2O7S/c1-10-16(20(28)30-7-6-29-2)19(32-17(10)18(23)27)24-14(25)9-31-15(26)8-11-12(21)4-3-5-13(11)22/h3-5H,6-9H2,1-2H3,(H2,23,27)(H,24,25). The number of benzene rings is 1. The number of amides is 2. The van der Waals surface area contributed by atoms with Gasteiger partial charge < -0.3 is 25.3 Å². The van der Waals surface area contributed by atoms with E-state index in [1.54, 1.807) is 0 Å². The number of methoxy groups -OCH3 is 1. The molecule has 0 spiro atoms. The quantitative estimate of drug-likeness (QED) is 0.389. The van der Waals surface area contributed by atoms with Crippen molar-refractivity contribution in [2.45, 2.75) is 13.3 Å². The van der Waals surface area contributed by atoms with Crippen LogP contribution in [0, 0.1) is 12.7 Å². The smallest absolute Gasteiger partial charge is 0.341 e. The van der Waals surface area contributed by atoms with Gasteiger partial charge in [-0.15, -0.1) is 11.3 Å². The molecule has 0 saturated carbocycles. The summed E-state index contributed by atoms with van der Waals surface area (Å²) in [5, 5.41) is 2.47. The van der Waals surface area contributed by atoms with Crippen molar-refractivity contribution in [2.24, 2.45) is 5.73 Å². The lowest BCUT2D eigenvalue weighted by molar-refractivity contribution is -0.146. The Morgan fingerprint density at radius 2 is 1.91 bits per heavy atom. The van der Waals surface area contributed by atoms with Gasteiger partial charge in [0, 0.05) is 17.7 Å². The molecule has 1 aromatic heterocycles. The van der Waals surface area contributed by atoms with Crippen LogP contribution >= 0.6 is 22.9 Å². The zero-order valence-electron chi connectivity index (χ0n) is 17.2. The first-order chi connectivity index (χ1) is 15.1. The summed E-state index contributed by atoms with van der Waals surface area (Å²) in [5.74, 6) is -3.92. The second-order valence-corrected chi connectivity index (χ2v) is 7.77. The summed E-state index contributed by atoms with van der Waals surface area (Å²) in [7, 11) is 1.43. The molecule has 12 heteroatoms. The predicted molar refractivity (Wildman–Crippen MR) is 114 cm³/mol. The Hall–Kier alpha value is -3.02. The Morgan fingerprint density at radius 3 is 2.53 bits per heavy atom. The van der Waals surface area contributed by atoms with Gasteiger partial charge in [-0.1, -0.05) is 17.7 Å². The van der Waals surface area contributed by atoms with Gasteiger partial charge >= 0.3 is 11.9 Å². The highest BCUT2D eigenvalue weighted by atomic mass is 35.5. The highest BCUT2D eigenvalue weighted by molar-refractivity contribution is 7.18. The molecule has 32 heavy (non-hydrogen) atoms. The van der Waals surface area contributed by atoms with Gasteiger partial charge in [0.25, 0.3) is 11.8 Å². The first-order valence-corrected chi connectivity index (χ1v) is 10.3. The van der Waals surface area contributed by atoms with Crippen molar-refractivity contribution >= 4 is 51.7 Å². The van der Waals surface area contributed by atoms with E-state index >= 15 is 0 Å². The minimum absolute atomic E-state index is 0.0110. The van der Waals surface area contributed by atoms with Gasteiger partial charge in [-0.05, 0) is 24.6 Å².